The molecule has 1 atom stereocenters. The number of carbonyl (C=O) groups is 1. The fraction of sp³-hybridized carbons (Fsp3) is 0.933. The Morgan fingerprint density at radius 3 is 2.50 bits per heavy atom. The zero-order valence-electron chi connectivity index (χ0n) is 13.6. The molecular weight excluding hydrogens is 256 g/mol. The Bertz CT molecular complexity index is 302. The van der Waals surface area contributed by atoms with Crippen LogP contribution in [0.2, 0.25) is 0 Å². The first-order valence-corrected chi connectivity index (χ1v) is 7.54. The second-order valence-corrected chi connectivity index (χ2v) is 6.52. The number of unbranched alkanes of at least 4 members (excludes halogenated alkanes) is 1. The Labute approximate surface area is 123 Å². The highest BCUT2D eigenvalue weighted by Gasteiger charge is 2.30. The predicted octanol–water partition coefficient (Wildman–Crippen LogP) is 2.35. The van der Waals surface area contributed by atoms with Crippen molar-refractivity contribution in [3.63, 3.8) is 0 Å². The van der Waals surface area contributed by atoms with Crippen LogP contribution >= 0.6 is 0 Å². The minimum atomic E-state index is -0.423. The molecular formula is C15H30N2O3. The van der Waals surface area contributed by atoms with Crippen LogP contribution in [0.25, 0.3) is 0 Å². The molecule has 1 saturated heterocycles. The summed E-state index contributed by atoms with van der Waals surface area (Å²) in [4.78, 5) is 16.4. The Balaban J connectivity index is 2.34. The smallest absolute Gasteiger partial charge is 0.410 e. The standard InChI is InChI=1S/C15H30N2O3/c1-13-12-16(8-6-7-11-19-5)9-10-17(13)14(18)20-15(2,3)4/h13H,6-12H2,1-5H3/t13-/m1/s1. The van der Waals surface area contributed by atoms with Crippen molar-refractivity contribution in [1.82, 2.24) is 9.80 Å². The van der Waals surface area contributed by atoms with E-state index in [2.05, 4.69) is 11.8 Å². The summed E-state index contributed by atoms with van der Waals surface area (Å²) >= 11 is 0. The molecule has 5 nitrogen and oxygen atoms in total. The molecule has 20 heavy (non-hydrogen) atoms. The Hall–Kier alpha value is -0.810. The molecule has 0 aliphatic carbocycles. The van der Waals surface area contributed by atoms with Crippen LogP contribution in [0.4, 0.5) is 4.79 Å². The molecule has 1 amide bonds. The first kappa shape index (κ1) is 17.2. The first-order valence-electron chi connectivity index (χ1n) is 7.54. The Kier molecular flexibility index (Phi) is 6.76. The van der Waals surface area contributed by atoms with Crippen molar-refractivity contribution in [3.05, 3.63) is 0 Å². The highest BCUT2D eigenvalue weighted by Crippen LogP contribution is 2.15. The molecule has 0 aromatic rings. The quantitative estimate of drug-likeness (QED) is 0.728. The number of amides is 1. The summed E-state index contributed by atoms with van der Waals surface area (Å²) in [5, 5.41) is 0. The highest BCUT2D eigenvalue weighted by atomic mass is 16.6. The van der Waals surface area contributed by atoms with Crippen LogP contribution < -0.4 is 0 Å². The van der Waals surface area contributed by atoms with Gasteiger partial charge in [0.1, 0.15) is 5.60 Å². The molecule has 5 heteroatoms. The SMILES string of the molecule is COCCCCN1CCN(C(=O)OC(C)(C)C)[C@H](C)C1. The molecule has 1 heterocycles. The van der Waals surface area contributed by atoms with Gasteiger partial charge in [-0.15, -0.1) is 0 Å². The third-order valence-corrected chi connectivity index (χ3v) is 3.41. The molecule has 1 fully saturated rings. The van der Waals surface area contributed by atoms with E-state index in [0.29, 0.717) is 0 Å². The number of hydrogen-bond donors (Lipinski definition) is 0. The van der Waals surface area contributed by atoms with Crippen molar-refractivity contribution in [2.45, 2.75) is 52.2 Å². The molecule has 0 spiro atoms. The minimum absolute atomic E-state index is 0.191. The minimum Gasteiger partial charge on any atom is -0.444 e. The van der Waals surface area contributed by atoms with Gasteiger partial charge < -0.3 is 14.4 Å². The number of ether oxygens (including phenoxy) is 2. The summed E-state index contributed by atoms with van der Waals surface area (Å²) in [7, 11) is 1.74. The van der Waals surface area contributed by atoms with Crippen molar-refractivity contribution >= 4 is 6.09 Å². The van der Waals surface area contributed by atoms with Gasteiger partial charge in [-0.25, -0.2) is 4.79 Å². The number of piperazine rings is 1. The van der Waals surface area contributed by atoms with E-state index in [1.807, 2.05) is 25.7 Å². The zero-order chi connectivity index (χ0) is 15.2. The van der Waals surface area contributed by atoms with Crippen LogP contribution in [-0.2, 0) is 9.47 Å². The lowest BCUT2D eigenvalue weighted by molar-refractivity contribution is 0.00121. The van der Waals surface area contributed by atoms with Gasteiger partial charge in [0.05, 0.1) is 0 Å². The largest absolute Gasteiger partial charge is 0.444 e. The molecule has 1 rings (SSSR count). The van der Waals surface area contributed by atoms with Crippen LogP contribution in [0.15, 0.2) is 0 Å². The topological polar surface area (TPSA) is 42.0 Å². The van der Waals surface area contributed by atoms with Gasteiger partial charge in [0.25, 0.3) is 0 Å². The van der Waals surface area contributed by atoms with Gasteiger partial charge in [-0.2, -0.15) is 0 Å². The van der Waals surface area contributed by atoms with Crippen LogP contribution in [-0.4, -0.2) is 67.4 Å². The maximum Gasteiger partial charge on any atom is 0.410 e. The highest BCUT2D eigenvalue weighted by molar-refractivity contribution is 5.68. The Morgan fingerprint density at radius 1 is 1.25 bits per heavy atom. The normalized spacial score (nSPS) is 21.1. The van der Waals surface area contributed by atoms with E-state index in [-0.39, 0.29) is 12.1 Å². The lowest BCUT2D eigenvalue weighted by Crippen LogP contribution is -2.55. The number of nitrogens with zero attached hydrogens (tertiary/aromatic N) is 2. The summed E-state index contributed by atoms with van der Waals surface area (Å²) in [6.45, 7) is 12.3. The van der Waals surface area contributed by atoms with E-state index < -0.39 is 5.60 Å². The van der Waals surface area contributed by atoms with Gasteiger partial charge in [0, 0.05) is 39.4 Å². The monoisotopic (exact) mass is 286 g/mol. The average Bonchev–Trinajstić information content (AvgIpc) is 2.32. The van der Waals surface area contributed by atoms with E-state index in [1.165, 1.54) is 0 Å². The van der Waals surface area contributed by atoms with E-state index in [0.717, 1.165) is 45.6 Å². The van der Waals surface area contributed by atoms with Crippen molar-refractivity contribution in [1.29, 1.82) is 0 Å². The molecule has 0 aromatic heterocycles. The molecule has 0 bridgehead atoms. The summed E-state index contributed by atoms with van der Waals surface area (Å²) < 4.78 is 10.5. The number of rotatable bonds is 5. The summed E-state index contributed by atoms with van der Waals surface area (Å²) in [5.74, 6) is 0. The fourth-order valence-corrected chi connectivity index (χ4v) is 2.41. The van der Waals surface area contributed by atoms with Crippen molar-refractivity contribution < 1.29 is 14.3 Å². The second-order valence-electron chi connectivity index (χ2n) is 6.52. The third-order valence-electron chi connectivity index (χ3n) is 3.41. The summed E-state index contributed by atoms with van der Waals surface area (Å²) in [6.07, 6.45) is 2.05. The molecule has 0 unspecified atom stereocenters. The van der Waals surface area contributed by atoms with Gasteiger partial charge in [-0.3, -0.25) is 4.90 Å². The molecule has 0 N–H and O–H groups in total. The summed E-state index contributed by atoms with van der Waals surface area (Å²) in [5.41, 5.74) is -0.423. The van der Waals surface area contributed by atoms with Crippen LogP contribution in [0.5, 0.6) is 0 Å². The number of methoxy groups -OCH3 is 1. The van der Waals surface area contributed by atoms with E-state index in [1.54, 1.807) is 7.11 Å². The molecule has 0 saturated carbocycles. The lowest BCUT2D eigenvalue weighted by atomic mass is 10.1. The van der Waals surface area contributed by atoms with Gasteiger partial charge in [0.2, 0.25) is 0 Å². The molecule has 0 aromatic carbocycles. The predicted molar refractivity (Wildman–Crippen MR) is 80.0 cm³/mol. The summed E-state index contributed by atoms with van der Waals surface area (Å²) in [6, 6.07) is 0.209. The first-order chi connectivity index (χ1) is 9.33. The number of carbonyl (C=O) groups excluding carboxylic acids is 1. The van der Waals surface area contributed by atoms with Crippen molar-refractivity contribution in [2.24, 2.45) is 0 Å². The van der Waals surface area contributed by atoms with Gasteiger partial charge >= 0.3 is 6.09 Å². The van der Waals surface area contributed by atoms with Crippen molar-refractivity contribution in [3.8, 4) is 0 Å². The molecule has 0 radical (unpaired) electrons. The Morgan fingerprint density at radius 2 is 1.95 bits per heavy atom. The van der Waals surface area contributed by atoms with Crippen LogP contribution in [0.3, 0.4) is 0 Å². The lowest BCUT2D eigenvalue weighted by Gasteiger charge is -2.40. The van der Waals surface area contributed by atoms with E-state index >= 15 is 0 Å². The molecule has 1 aliphatic heterocycles. The molecule has 118 valence electrons. The van der Waals surface area contributed by atoms with Crippen LogP contribution in [0.1, 0.15) is 40.5 Å². The van der Waals surface area contributed by atoms with Gasteiger partial charge in [0.15, 0.2) is 0 Å². The van der Waals surface area contributed by atoms with Crippen LogP contribution in [0, 0.1) is 0 Å². The zero-order valence-corrected chi connectivity index (χ0v) is 13.6. The van der Waals surface area contributed by atoms with E-state index in [9.17, 15) is 4.79 Å². The maximum absolute atomic E-state index is 12.1. The fourth-order valence-electron chi connectivity index (χ4n) is 2.41. The third kappa shape index (κ3) is 6.09. The van der Waals surface area contributed by atoms with Gasteiger partial charge in [-0.05, 0) is 47.1 Å². The van der Waals surface area contributed by atoms with E-state index in [4.69, 9.17) is 9.47 Å². The maximum atomic E-state index is 12.1. The number of hydrogen-bond acceptors (Lipinski definition) is 4. The second kappa shape index (κ2) is 7.84. The molecule has 1 aliphatic rings. The van der Waals surface area contributed by atoms with Crippen molar-refractivity contribution in [2.75, 3.05) is 39.9 Å². The van der Waals surface area contributed by atoms with Gasteiger partial charge in [-0.1, -0.05) is 0 Å². The average molecular weight is 286 g/mol.